The predicted molar refractivity (Wildman–Crippen MR) is 166 cm³/mol. The molecule has 1 N–H and O–H groups in total. The van der Waals surface area contributed by atoms with E-state index < -0.39 is 0 Å². The average Bonchev–Trinajstić information content (AvgIpc) is 3.44. The summed E-state index contributed by atoms with van der Waals surface area (Å²) in [4.78, 5) is 0. The first-order valence-corrected chi connectivity index (χ1v) is 15.1. The Balaban J connectivity index is 1.09. The molecule has 3 aromatic carbocycles. The standard InChI is InChI=1S/C35H44N2O5/c1-38-20-5-18-37-19-16-29-10-9-27(23-33(29)37)25-42-35-24-36-17-15-32(35)28-11-13-31(14-12-28)41-22-6-21-40-26-30-7-3-4-8-34(30)39-2/h3-4,7-14,16,19,23,32,35-36H,5-6,15,17-18,20-22,24-26H2,1-2H3. The molecule has 0 aliphatic carbocycles. The third kappa shape index (κ3) is 8.13. The minimum absolute atomic E-state index is 0.120. The number of piperidine rings is 1. The summed E-state index contributed by atoms with van der Waals surface area (Å²) < 4.78 is 31.3. The molecule has 42 heavy (non-hydrogen) atoms. The highest BCUT2D eigenvalue weighted by atomic mass is 16.5. The number of hydrogen-bond acceptors (Lipinski definition) is 6. The number of ether oxygens (including phenoxy) is 5. The largest absolute Gasteiger partial charge is 0.496 e. The van der Waals surface area contributed by atoms with Crippen molar-refractivity contribution in [3.8, 4) is 11.5 Å². The van der Waals surface area contributed by atoms with Crippen LogP contribution in [0.25, 0.3) is 10.9 Å². The van der Waals surface area contributed by atoms with Gasteiger partial charge in [0.25, 0.3) is 0 Å². The molecule has 0 saturated carbocycles. The molecule has 1 aliphatic heterocycles. The minimum atomic E-state index is 0.120. The van der Waals surface area contributed by atoms with Crippen LogP contribution in [-0.2, 0) is 34.0 Å². The summed E-state index contributed by atoms with van der Waals surface area (Å²) in [6, 6.07) is 25.3. The molecule has 1 aromatic heterocycles. The van der Waals surface area contributed by atoms with Gasteiger partial charge in [0, 0.05) is 56.4 Å². The number of aromatic nitrogens is 1. The third-order valence-electron chi connectivity index (χ3n) is 7.94. The van der Waals surface area contributed by atoms with E-state index in [2.05, 4.69) is 64.6 Å². The van der Waals surface area contributed by atoms with Gasteiger partial charge in [-0.05, 0) is 66.2 Å². The number of hydrogen-bond donors (Lipinski definition) is 1. The highest BCUT2D eigenvalue weighted by molar-refractivity contribution is 5.80. The minimum Gasteiger partial charge on any atom is -0.496 e. The van der Waals surface area contributed by atoms with Crippen LogP contribution in [0.3, 0.4) is 0 Å². The van der Waals surface area contributed by atoms with Crippen molar-refractivity contribution < 1.29 is 23.7 Å². The highest BCUT2D eigenvalue weighted by Crippen LogP contribution is 2.30. The van der Waals surface area contributed by atoms with Crippen molar-refractivity contribution in [2.24, 2.45) is 0 Å². The second-order valence-electron chi connectivity index (χ2n) is 10.8. The quantitative estimate of drug-likeness (QED) is 0.158. The van der Waals surface area contributed by atoms with E-state index in [1.54, 1.807) is 14.2 Å². The summed E-state index contributed by atoms with van der Waals surface area (Å²) in [5.74, 6) is 2.10. The number of aryl methyl sites for hydroxylation is 1. The molecule has 1 aliphatic rings. The maximum Gasteiger partial charge on any atom is 0.124 e. The van der Waals surface area contributed by atoms with E-state index in [1.165, 1.54) is 22.0 Å². The van der Waals surface area contributed by atoms with Gasteiger partial charge in [-0.3, -0.25) is 0 Å². The maximum atomic E-state index is 6.53. The van der Waals surface area contributed by atoms with Crippen molar-refractivity contribution in [1.82, 2.24) is 9.88 Å². The summed E-state index contributed by atoms with van der Waals surface area (Å²) >= 11 is 0. The molecule has 2 atom stereocenters. The zero-order valence-electron chi connectivity index (χ0n) is 24.9. The smallest absolute Gasteiger partial charge is 0.124 e. The monoisotopic (exact) mass is 572 g/mol. The number of nitrogens with one attached hydrogen (secondary N) is 1. The summed E-state index contributed by atoms with van der Waals surface area (Å²) in [5, 5.41) is 4.78. The van der Waals surface area contributed by atoms with E-state index in [4.69, 9.17) is 23.7 Å². The van der Waals surface area contributed by atoms with Crippen LogP contribution in [0.15, 0.2) is 79.0 Å². The second-order valence-corrected chi connectivity index (χ2v) is 10.8. The molecule has 0 bridgehead atoms. The molecule has 0 spiro atoms. The van der Waals surface area contributed by atoms with Gasteiger partial charge in [0.15, 0.2) is 0 Å². The number of methoxy groups -OCH3 is 2. The topological polar surface area (TPSA) is 63.1 Å². The number of fused-ring (bicyclic) bond motifs is 1. The SMILES string of the molecule is COCCCn1ccc2ccc(COC3CNCCC3c3ccc(OCCCOCc4ccccc4OC)cc3)cc21. The van der Waals surface area contributed by atoms with Crippen LogP contribution in [0.4, 0.5) is 0 Å². The molecule has 0 radical (unpaired) electrons. The Kier molecular flexibility index (Phi) is 11.3. The molecule has 2 heterocycles. The summed E-state index contributed by atoms with van der Waals surface area (Å²) in [6.45, 7) is 5.96. The van der Waals surface area contributed by atoms with E-state index in [0.717, 1.165) is 62.6 Å². The number of nitrogens with zero attached hydrogens (tertiary/aromatic N) is 1. The first-order valence-electron chi connectivity index (χ1n) is 15.1. The highest BCUT2D eigenvalue weighted by Gasteiger charge is 2.27. The third-order valence-corrected chi connectivity index (χ3v) is 7.94. The second kappa shape index (κ2) is 15.8. The Labute approximate surface area is 249 Å². The van der Waals surface area contributed by atoms with Gasteiger partial charge in [0.05, 0.1) is 39.6 Å². The fraction of sp³-hybridized carbons (Fsp3) is 0.429. The molecular weight excluding hydrogens is 528 g/mol. The van der Waals surface area contributed by atoms with Crippen LogP contribution in [-0.4, -0.2) is 57.8 Å². The van der Waals surface area contributed by atoms with Crippen LogP contribution >= 0.6 is 0 Å². The van der Waals surface area contributed by atoms with Crippen LogP contribution in [0.5, 0.6) is 11.5 Å². The molecule has 1 saturated heterocycles. The molecular formula is C35H44N2O5. The molecule has 1 fully saturated rings. The van der Waals surface area contributed by atoms with Crippen molar-refractivity contribution in [2.75, 3.05) is 47.1 Å². The fourth-order valence-corrected chi connectivity index (χ4v) is 5.65. The number of para-hydroxylation sites is 1. The Morgan fingerprint density at radius 2 is 1.76 bits per heavy atom. The Bertz CT molecular complexity index is 1370. The summed E-state index contributed by atoms with van der Waals surface area (Å²) in [5.41, 5.74) is 4.82. The Morgan fingerprint density at radius 1 is 0.881 bits per heavy atom. The van der Waals surface area contributed by atoms with Gasteiger partial charge >= 0.3 is 0 Å². The molecule has 5 rings (SSSR count). The van der Waals surface area contributed by atoms with Crippen molar-refractivity contribution in [1.29, 1.82) is 0 Å². The van der Waals surface area contributed by atoms with Gasteiger partial charge in [-0.1, -0.05) is 42.5 Å². The number of rotatable bonds is 16. The molecule has 0 amide bonds. The van der Waals surface area contributed by atoms with Crippen LogP contribution < -0.4 is 14.8 Å². The van der Waals surface area contributed by atoms with Crippen molar-refractivity contribution in [3.63, 3.8) is 0 Å². The van der Waals surface area contributed by atoms with Gasteiger partial charge in [0.1, 0.15) is 11.5 Å². The lowest BCUT2D eigenvalue weighted by Gasteiger charge is -2.32. The van der Waals surface area contributed by atoms with Crippen molar-refractivity contribution in [3.05, 3.63) is 95.7 Å². The maximum absolute atomic E-state index is 6.53. The first-order chi connectivity index (χ1) is 20.7. The normalized spacial score (nSPS) is 17.0. The molecule has 4 aromatic rings. The fourth-order valence-electron chi connectivity index (χ4n) is 5.65. The summed E-state index contributed by atoms with van der Waals surface area (Å²) in [6.07, 6.45) is 5.16. The lowest BCUT2D eigenvalue weighted by molar-refractivity contribution is 0.0106. The van der Waals surface area contributed by atoms with Gasteiger partial charge in [-0.15, -0.1) is 0 Å². The lowest BCUT2D eigenvalue weighted by atomic mass is 9.87. The Hall–Kier alpha value is -3.36. The first kappa shape index (κ1) is 30.1. The van der Waals surface area contributed by atoms with Crippen molar-refractivity contribution in [2.45, 2.75) is 51.0 Å². The zero-order chi connectivity index (χ0) is 29.0. The van der Waals surface area contributed by atoms with E-state index in [-0.39, 0.29) is 6.10 Å². The van der Waals surface area contributed by atoms with Gasteiger partial charge < -0.3 is 33.6 Å². The van der Waals surface area contributed by atoms with E-state index in [0.29, 0.717) is 32.3 Å². The number of benzene rings is 3. The molecule has 2 unspecified atom stereocenters. The molecule has 224 valence electrons. The van der Waals surface area contributed by atoms with Crippen LogP contribution in [0.2, 0.25) is 0 Å². The average molecular weight is 573 g/mol. The molecule has 7 nitrogen and oxygen atoms in total. The Morgan fingerprint density at radius 3 is 2.62 bits per heavy atom. The molecule has 7 heteroatoms. The van der Waals surface area contributed by atoms with Gasteiger partial charge in [-0.25, -0.2) is 0 Å². The van der Waals surface area contributed by atoms with E-state index >= 15 is 0 Å². The zero-order valence-corrected chi connectivity index (χ0v) is 24.9. The summed E-state index contributed by atoms with van der Waals surface area (Å²) in [7, 11) is 3.44. The van der Waals surface area contributed by atoms with Crippen LogP contribution in [0, 0.1) is 0 Å². The van der Waals surface area contributed by atoms with E-state index in [1.807, 2.05) is 24.3 Å². The lowest BCUT2D eigenvalue weighted by Crippen LogP contribution is -2.40. The van der Waals surface area contributed by atoms with Gasteiger partial charge in [-0.2, -0.15) is 0 Å². The predicted octanol–water partition coefficient (Wildman–Crippen LogP) is 6.33. The van der Waals surface area contributed by atoms with Gasteiger partial charge in [0.2, 0.25) is 0 Å². The van der Waals surface area contributed by atoms with E-state index in [9.17, 15) is 0 Å². The van der Waals surface area contributed by atoms with Crippen LogP contribution in [0.1, 0.15) is 41.9 Å². The van der Waals surface area contributed by atoms with Crippen molar-refractivity contribution >= 4 is 10.9 Å².